The summed E-state index contributed by atoms with van der Waals surface area (Å²) in [6.07, 6.45) is 0. The van der Waals surface area contributed by atoms with E-state index in [1.807, 2.05) is 0 Å². The minimum absolute atomic E-state index is 0.187. The summed E-state index contributed by atoms with van der Waals surface area (Å²) in [4.78, 5) is 3.55. The van der Waals surface area contributed by atoms with Gasteiger partial charge in [0.25, 0.3) is 0 Å². The summed E-state index contributed by atoms with van der Waals surface area (Å²) < 4.78 is 63.7. The van der Waals surface area contributed by atoms with Gasteiger partial charge in [-0.3, -0.25) is 0 Å². The largest absolute Gasteiger partial charge is 0.516 e. The molecule has 0 amide bonds. The molecule has 0 spiro atoms. The van der Waals surface area contributed by atoms with Gasteiger partial charge in [-0.25, -0.2) is 4.72 Å². The number of fused-ring (bicyclic) bond motifs is 1. The van der Waals surface area contributed by atoms with Gasteiger partial charge >= 0.3 is 21.5 Å². The van der Waals surface area contributed by atoms with Gasteiger partial charge in [-0.1, -0.05) is 12.1 Å². The molecule has 0 radical (unpaired) electrons. The molecule has 0 bridgehead atoms. The van der Waals surface area contributed by atoms with Crippen molar-refractivity contribution >= 4 is 27.1 Å². The van der Waals surface area contributed by atoms with Crippen molar-refractivity contribution < 1.29 is 26.0 Å². The fraction of sp³-hybridized carbons (Fsp3) is 0.125. The standard InChI is InChI=1S/C8H5F3N2O3S/c9-8(10,11)17(14,15)13-7-12-5-3-1-2-4-6(5)16-7/h1-4H,(H,12,13). The highest BCUT2D eigenvalue weighted by Crippen LogP contribution is 2.26. The first-order chi connectivity index (χ1) is 7.79. The molecule has 1 aromatic carbocycles. The van der Waals surface area contributed by atoms with Gasteiger partial charge in [-0.05, 0) is 12.1 Å². The minimum Gasteiger partial charge on any atom is -0.423 e. The second-order valence-corrected chi connectivity index (χ2v) is 4.71. The lowest BCUT2D eigenvalue weighted by molar-refractivity contribution is -0.0430. The monoisotopic (exact) mass is 266 g/mol. The molecule has 0 saturated carbocycles. The molecule has 0 aliphatic rings. The van der Waals surface area contributed by atoms with Crippen LogP contribution in [0.1, 0.15) is 0 Å². The van der Waals surface area contributed by atoms with E-state index in [0.29, 0.717) is 0 Å². The molecule has 17 heavy (non-hydrogen) atoms. The Morgan fingerprint density at radius 1 is 1.24 bits per heavy atom. The lowest BCUT2D eigenvalue weighted by Gasteiger charge is -2.06. The molecular weight excluding hydrogens is 261 g/mol. The summed E-state index contributed by atoms with van der Waals surface area (Å²) in [5, 5.41) is 0. The number of nitrogens with zero attached hydrogens (tertiary/aromatic N) is 1. The number of benzene rings is 1. The third kappa shape index (κ3) is 2.18. The van der Waals surface area contributed by atoms with Crippen molar-refractivity contribution in [2.24, 2.45) is 0 Å². The fourth-order valence-corrected chi connectivity index (χ4v) is 1.52. The second-order valence-electron chi connectivity index (χ2n) is 3.04. The van der Waals surface area contributed by atoms with Crippen LogP contribution >= 0.6 is 0 Å². The zero-order valence-corrected chi connectivity index (χ0v) is 8.84. The van der Waals surface area contributed by atoms with E-state index in [-0.39, 0.29) is 11.1 Å². The Morgan fingerprint density at radius 3 is 2.47 bits per heavy atom. The van der Waals surface area contributed by atoms with Crippen molar-refractivity contribution in [3.05, 3.63) is 24.3 Å². The molecule has 2 aromatic rings. The number of halogens is 3. The highest BCUT2D eigenvalue weighted by atomic mass is 32.2. The summed E-state index contributed by atoms with van der Waals surface area (Å²) in [5.74, 6) is 0. The molecule has 1 heterocycles. The van der Waals surface area contributed by atoms with Crippen LogP contribution in [0.25, 0.3) is 11.1 Å². The molecule has 0 aliphatic carbocycles. The minimum atomic E-state index is -5.50. The predicted molar refractivity (Wildman–Crippen MR) is 52.6 cm³/mol. The van der Waals surface area contributed by atoms with E-state index >= 15 is 0 Å². The van der Waals surface area contributed by atoms with Gasteiger partial charge < -0.3 is 4.42 Å². The van der Waals surface area contributed by atoms with Crippen LogP contribution in [0.5, 0.6) is 0 Å². The van der Waals surface area contributed by atoms with Gasteiger partial charge in [-0.15, -0.1) is 0 Å². The van der Waals surface area contributed by atoms with Crippen molar-refractivity contribution in [2.45, 2.75) is 5.51 Å². The lowest BCUT2D eigenvalue weighted by Crippen LogP contribution is -2.30. The molecule has 0 unspecified atom stereocenters. The second kappa shape index (κ2) is 3.62. The van der Waals surface area contributed by atoms with Gasteiger partial charge in [0.05, 0.1) is 0 Å². The van der Waals surface area contributed by atoms with Crippen LogP contribution in [0.15, 0.2) is 28.7 Å². The summed E-state index contributed by atoms with van der Waals surface area (Å²) in [7, 11) is -5.50. The van der Waals surface area contributed by atoms with E-state index in [1.165, 1.54) is 16.9 Å². The average Bonchev–Trinajstić information content (AvgIpc) is 2.56. The quantitative estimate of drug-likeness (QED) is 0.903. The Hall–Kier alpha value is -1.77. The number of nitrogens with one attached hydrogen (secondary N) is 1. The van der Waals surface area contributed by atoms with Crippen LogP contribution < -0.4 is 4.72 Å². The number of para-hydroxylation sites is 2. The van der Waals surface area contributed by atoms with Crippen LogP contribution in [-0.2, 0) is 10.0 Å². The molecule has 0 aliphatic heterocycles. The Balaban J connectivity index is 2.37. The molecular formula is C8H5F3N2O3S. The SMILES string of the molecule is O=S(=O)(Nc1nc2ccccc2o1)C(F)(F)F. The maximum Gasteiger partial charge on any atom is 0.516 e. The maximum absolute atomic E-state index is 12.1. The van der Waals surface area contributed by atoms with Crippen LogP contribution in [0.4, 0.5) is 19.2 Å². The molecule has 9 heteroatoms. The molecule has 92 valence electrons. The van der Waals surface area contributed by atoms with Crippen LogP contribution in [0.2, 0.25) is 0 Å². The first-order valence-electron chi connectivity index (χ1n) is 4.24. The molecule has 0 atom stereocenters. The Morgan fingerprint density at radius 2 is 1.88 bits per heavy atom. The van der Waals surface area contributed by atoms with E-state index in [2.05, 4.69) is 4.98 Å². The van der Waals surface area contributed by atoms with E-state index in [9.17, 15) is 21.6 Å². The fourth-order valence-electron chi connectivity index (χ4n) is 1.09. The summed E-state index contributed by atoms with van der Waals surface area (Å²) >= 11 is 0. The van der Waals surface area contributed by atoms with Crippen LogP contribution in [0.3, 0.4) is 0 Å². The highest BCUT2D eigenvalue weighted by molar-refractivity contribution is 7.93. The Bertz CT molecular complexity index is 614. The smallest absolute Gasteiger partial charge is 0.423 e. The maximum atomic E-state index is 12.1. The number of hydrogen-bond donors (Lipinski definition) is 1. The summed E-state index contributed by atoms with van der Waals surface area (Å²) in [6.45, 7) is 0. The topological polar surface area (TPSA) is 72.2 Å². The first-order valence-corrected chi connectivity index (χ1v) is 5.72. The third-order valence-electron chi connectivity index (χ3n) is 1.82. The van der Waals surface area contributed by atoms with Gasteiger partial charge in [0, 0.05) is 0 Å². The van der Waals surface area contributed by atoms with E-state index in [4.69, 9.17) is 4.42 Å². The van der Waals surface area contributed by atoms with Crippen molar-refractivity contribution in [2.75, 3.05) is 4.72 Å². The predicted octanol–water partition coefficient (Wildman–Crippen LogP) is 2.09. The van der Waals surface area contributed by atoms with Gasteiger partial charge in [-0.2, -0.15) is 26.6 Å². The normalized spacial score (nSPS) is 12.9. The van der Waals surface area contributed by atoms with Crippen LogP contribution in [0, 0.1) is 0 Å². The molecule has 2 rings (SSSR count). The van der Waals surface area contributed by atoms with Gasteiger partial charge in [0.1, 0.15) is 5.52 Å². The van der Waals surface area contributed by atoms with E-state index < -0.39 is 21.5 Å². The molecule has 1 aromatic heterocycles. The summed E-state index contributed by atoms with van der Waals surface area (Å²) in [6, 6.07) is 5.38. The first kappa shape index (κ1) is 11.7. The van der Waals surface area contributed by atoms with Gasteiger partial charge in [0.2, 0.25) is 0 Å². The molecule has 0 saturated heterocycles. The number of rotatable bonds is 2. The van der Waals surface area contributed by atoms with Crippen LogP contribution in [-0.4, -0.2) is 18.9 Å². The van der Waals surface area contributed by atoms with Crippen molar-refractivity contribution in [1.29, 1.82) is 0 Å². The van der Waals surface area contributed by atoms with Crippen molar-refractivity contribution in [1.82, 2.24) is 4.98 Å². The highest BCUT2D eigenvalue weighted by Gasteiger charge is 2.46. The Labute approximate surface area is 93.3 Å². The number of alkyl halides is 3. The van der Waals surface area contributed by atoms with Crippen molar-refractivity contribution in [3.63, 3.8) is 0 Å². The number of oxazole rings is 1. The number of sulfonamides is 1. The molecule has 0 fully saturated rings. The summed E-state index contributed by atoms with van der Waals surface area (Å²) in [5.41, 5.74) is -4.96. The number of anilines is 1. The number of aromatic nitrogens is 1. The number of hydrogen-bond acceptors (Lipinski definition) is 4. The zero-order valence-electron chi connectivity index (χ0n) is 8.02. The lowest BCUT2D eigenvalue weighted by atomic mass is 10.3. The zero-order chi connectivity index (χ0) is 12.7. The molecule has 1 N–H and O–H groups in total. The van der Waals surface area contributed by atoms with Gasteiger partial charge in [0.15, 0.2) is 5.58 Å². The van der Waals surface area contributed by atoms with E-state index in [0.717, 1.165) is 0 Å². The average molecular weight is 266 g/mol. The molecule has 5 nitrogen and oxygen atoms in total. The third-order valence-corrected chi connectivity index (χ3v) is 2.87. The van der Waals surface area contributed by atoms with Crippen molar-refractivity contribution in [3.8, 4) is 0 Å². The Kier molecular flexibility index (Phi) is 2.49. The van der Waals surface area contributed by atoms with E-state index in [1.54, 1.807) is 12.1 Å².